The first-order chi connectivity index (χ1) is 8.93. The predicted octanol–water partition coefficient (Wildman–Crippen LogP) is 2.96. The predicted molar refractivity (Wildman–Crippen MR) is 72.7 cm³/mol. The van der Waals surface area contributed by atoms with Gasteiger partial charge in [0.2, 0.25) is 0 Å². The SMILES string of the molecule is CCC(Cc1ccc(OCC(C)=O)c(Cl)c1)C(=O)O. The second-order valence-electron chi connectivity index (χ2n) is 4.40. The standard InChI is InChI=1S/C14H17ClO4/c1-3-11(14(17)18)6-10-4-5-13(12(15)7-10)19-8-9(2)16/h4-5,7,11H,3,6,8H2,1-2H3,(H,17,18). The van der Waals surface area contributed by atoms with Crippen LogP contribution in [-0.4, -0.2) is 23.5 Å². The van der Waals surface area contributed by atoms with Gasteiger partial charge in [-0.3, -0.25) is 9.59 Å². The van der Waals surface area contributed by atoms with Crippen molar-refractivity contribution in [3.05, 3.63) is 28.8 Å². The van der Waals surface area contributed by atoms with Crippen LogP contribution in [0.1, 0.15) is 25.8 Å². The molecule has 1 atom stereocenters. The molecular formula is C14H17ClO4. The lowest BCUT2D eigenvalue weighted by molar-refractivity contribution is -0.141. The zero-order valence-electron chi connectivity index (χ0n) is 11.0. The molecule has 1 unspecified atom stereocenters. The van der Waals surface area contributed by atoms with Crippen molar-refractivity contribution in [3.63, 3.8) is 0 Å². The van der Waals surface area contributed by atoms with Gasteiger partial charge in [-0.05, 0) is 37.5 Å². The second kappa shape index (κ2) is 7.14. The molecule has 0 aliphatic carbocycles. The molecule has 1 aromatic rings. The van der Waals surface area contributed by atoms with Crippen molar-refractivity contribution >= 4 is 23.4 Å². The average Bonchev–Trinajstić information content (AvgIpc) is 2.34. The Balaban J connectivity index is 2.75. The number of Topliss-reactive ketones (excluding diaryl/α,β-unsaturated/α-hetero) is 1. The molecule has 0 aliphatic rings. The van der Waals surface area contributed by atoms with Gasteiger partial charge in [0.25, 0.3) is 0 Å². The lowest BCUT2D eigenvalue weighted by Gasteiger charge is -2.11. The van der Waals surface area contributed by atoms with E-state index in [9.17, 15) is 9.59 Å². The molecule has 0 fully saturated rings. The number of aliphatic carboxylic acids is 1. The number of halogens is 1. The van der Waals surface area contributed by atoms with E-state index in [0.29, 0.717) is 23.6 Å². The lowest BCUT2D eigenvalue weighted by atomic mass is 9.97. The maximum absolute atomic E-state index is 11.0. The van der Waals surface area contributed by atoms with Gasteiger partial charge in [-0.15, -0.1) is 0 Å². The second-order valence-corrected chi connectivity index (χ2v) is 4.81. The molecule has 0 saturated heterocycles. The average molecular weight is 285 g/mol. The summed E-state index contributed by atoms with van der Waals surface area (Å²) in [4.78, 5) is 21.8. The summed E-state index contributed by atoms with van der Waals surface area (Å²) in [6.45, 7) is 3.25. The van der Waals surface area contributed by atoms with Gasteiger partial charge >= 0.3 is 5.97 Å². The molecule has 0 heterocycles. The highest BCUT2D eigenvalue weighted by Crippen LogP contribution is 2.27. The molecule has 0 saturated carbocycles. The summed E-state index contributed by atoms with van der Waals surface area (Å²) in [6.07, 6.45) is 0.994. The van der Waals surface area contributed by atoms with Crippen LogP contribution < -0.4 is 4.74 Å². The van der Waals surface area contributed by atoms with Gasteiger partial charge in [-0.1, -0.05) is 24.6 Å². The maximum atomic E-state index is 11.0. The minimum absolute atomic E-state index is 0.0220. The molecule has 0 bridgehead atoms. The summed E-state index contributed by atoms with van der Waals surface area (Å²) < 4.78 is 5.23. The number of carboxylic acids is 1. The largest absolute Gasteiger partial charge is 0.484 e. The lowest BCUT2D eigenvalue weighted by Crippen LogP contribution is -2.15. The zero-order chi connectivity index (χ0) is 14.4. The van der Waals surface area contributed by atoms with Crippen molar-refractivity contribution < 1.29 is 19.4 Å². The summed E-state index contributed by atoms with van der Waals surface area (Å²) in [6, 6.07) is 5.12. The van der Waals surface area contributed by atoms with Crippen LogP contribution >= 0.6 is 11.6 Å². The Bertz CT molecular complexity index is 471. The fraction of sp³-hybridized carbons (Fsp3) is 0.429. The summed E-state index contributed by atoms with van der Waals surface area (Å²) >= 11 is 6.04. The van der Waals surface area contributed by atoms with E-state index < -0.39 is 11.9 Å². The Morgan fingerprint density at radius 1 is 1.42 bits per heavy atom. The van der Waals surface area contributed by atoms with Crippen molar-refractivity contribution in [2.24, 2.45) is 5.92 Å². The highest BCUT2D eigenvalue weighted by Gasteiger charge is 2.16. The molecule has 0 radical (unpaired) electrons. The quantitative estimate of drug-likeness (QED) is 0.836. The van der Waals surface area contributed by atoms with Crippen molar-refractivity contribution in [3.8, 4) is 5.75 Å². The third-order valence-electron chi connectivity index (χ3n) is 2.75. The van der Waals surface area contributed by atoms with Gasteiger partial charge in [-0.25, -0.2) is 0 Å². The fourth-order valence-corrected chi connectivity index (χ4v) is 1.92. The third-order valence-corrected chi connectivity index (χ3v) is 3.05. The molecule has 0 spiro atoms. The molecule has 1 N–H and O–H groups in total. The maximum Gasteiger partial charge on any atom is 0.306 e. The first-order valence-electron chi connectivity index (χ1n) is 6.07. The van der Waals surface area contributed by atoms with Crippen LogP contribution in [0.5, 0.6) is 5.75 Å². The summed E-state index contributed by atoms with van der Waals surface area (Å²) in [5.41, 5.74) is 0.842. The fourth-order valence-electron chi connectivity index (χ4n) is 1.66. The van der Waals surface area contributed by atoms with E-state index in [1.54, 1.807) is 18.2 Å². The minimum Gasteiger partial charge on any atom is -0.484 e. The van der Waals surface area contributed by atoms with Gasteiger partial charge < -0.3 is 9.84 Å². The van der Waals surface area contributed by atoms with Crippen LogP contribution in [-0.2, 0) is 16.0 Å². The number of hydrogen-bond donors (Lipinski definition) is 1. The normalized spacial score (nSPS) is 11.9. The van der Waals surface area contributed by atoms with Gasteiger partial charge in [0.15, 0.2) is 5.78 Å². The van der Waals surface area contributed by atoms with Crippen LogP contribution in [0, 0.1) is 5.92 Å². The molecule has 5 heteroatoms. The number of carbonyl (C=O) groups excluding carboxylic acids is 1. The molecular weight excluding hydrogens is 268 g/mol. The van der Waals surface area contributed by atoms with Crippen LogP contribution in [0.2, 0.25) is 5.02 Å². The zero-order valence-corrected chi connectivity index (χ0v) is 11.7. The van der Waals surface area contributed by atoms with Crippen LogP contribution in [0.3, 0.4) is 0 Å². The number of rotatable bonds is 7. The molecule has 19 heavy (non-hydrogen) atoms. The summed E-state index contributed by atoms with van der Waals surface area (Å²) in [7, 11) is 0. The van der Waals surface area contributed by atoms with Crippen LogP contribution in [0.4, 0.5) is 0 Å². The number of ether oxygens (including phenoxy) is 1. The summed E-state index contributed by atoms with van der Waals surface area (Å²) in [5.74, 6) is -0.878. The first-order valence-corrected chi connectivity index (χ1v) is 6.45. The first kappa shape index (κ1) is 15.5. The van der Waals surface area contributed by atoms with E-state index in [1.165, 1.54) is 6.92 Å². The van der Waals surface area contributed by atoms with Gasteiger partial charge in [-0.2, -0.15) is 0 Å². The summed E-state index contributed by atoms with van der Waals surface area (Å²) in [5, 5.41) is 9.40. The molecule has 1 rings (SSSR count). The minimum atomic E-state index is -0.810. The highest BCUT2D eigenvalue weighted by molar-refractivity contribution is 6.32. The third kappa shape index (κ3) is 4.91. The Morgan fingerprint density at radius 3 is 2.58 bits per heavy atom. The van der Waals surface area contributed by atoms with E-state index in [1.807, 2.05) is 6.92 Å². The molecule has 104 valence electrons. The molecule has 1 aromatic carbocycles. The molecule has 0 amide bonds. The Kier molecular flexibility index (Phi) is 5.83. The van der Waals surface area contributed by atoms with Gasteiger partial charge in [0.05, 0.1) is 10.9 Å². The Hall–Kier alpha value is -1.55. The monoisotopic (exact) mass is 284 g/mol. The Morgan fingerprint density at radius 2 is 2.11 bits per heavy atom. The van der Waals surface area contributed by atoms with E-state index in [4.69, 9.17) is 21.4 Å². The smallest absolute Gasteiger partial charge is 0.306 e. The van der Waals surface area contributed by atoms with Crippen LogP contribution in [0.15, 0.2) is 18.2 Å². The number of benzene rings is 1. The van der Waals surface area contributed by atoms with Crippen LogP contribution in [0.25, 0.3) is 0 Å². The van der Waals surface area contributed by atoms with Crippen molar-refractivity contribution in [1.29, 1.82) is 0 Å². The van der Waals surface area contributed by atoms with E-state index in [-0.39, 0.29) is 12.4 Å². The van der Waals surface area contributed by atoms with Gasteiger partial charge in [0, 0.05) is 0 Å². The van der Waals surface area contributed by atoms with Crippen molar-refractivity contribution in [2.75, 3.05) is 6.61 Å². The number of carbonyl (C=O) groups is 2. The molecule has 0 aliphatic heterocycles. The number of hydrogen-bond acceptors (Lipinski definition) is 3. The number of carboxylic acid groups (broad SMARTS) is 1. The van der Waals surface area contributed by atoms with Crippen molar-refractivity contribution in [2.45, 2.75) is 26.7 Å². The molecule has 4 nitrogen and oxygen atoms in total. The van der Waals surface area contributed by atoms with E-state index >= 15 is 0 Å². The number of ketones is 1. The van der Waals surface area contributed by atoms with E-state index in [0.717, 1.165) is 5.56 Å². The van der Waals surface area contributed by atoms with Crippen molar-refractivity contribution in [1.82, 2.24) is 0 Å². The topological polar surface area (TPSA) is 63.6 Å². The Labute approximate surface area is 117 Å². The van der Waals surface area contributed by atoms with Gasteiger partial charge in [0.1, 0.15) is 12.4 Å². The molecule has 0 aromatic heterocycles. The highest BCUT2D eigenvalue weighted by atomic mass is 35.5. The van der Waals surface area contributed by atoms with E-state index in [2.05, 4.69) is 0 Å².